The predicted molar refractivity (Wildman–Crippen MR) is 86.4 cm³/mol. The van der Waals surface area contributed by atoms with Crippen molar-refractivity contribution < 1.29 is 14.2 Å². The molecule has 2 aromatic rings. The first-order valence-corrected chi connectivity index (χ1v) is 7.72. The van der Waals surface area contributed by atoms with Crippen LogP contribution in [0.25, 0.3) is 0 Å². The summed E-state index contributed by atoms with van der Waals surface area (Å²) in [5.74, 6) is -0.303. The average molecular weight is 352 g/mol. The van der Waals surface area contributed by atoms with Crippen LogP contribution in [0, 0.1) is 5.82 Å². The van der Waals surface area contributed by atoms with E-state index in [1.54, 1.807) is 23.1 Å². The number of ether oxygens (including phenoxy) is 1. The Morgan fingerprint density at radius 2 is 2.12 bits per heavy atom. The topological polar surface area (TPSA) is 83.2 Å². The fraction of sp³-hybridized carbons (Fsp3) is 0.333. The van der Waals surface area contributed by atoms with Crippen molar-refractivity contribution in [1.29, 1.82) is 0 Å². The summed E-state index contributed by atoms with van der Waals surface area (Å²) in [5.41, 5.74) is 0.529. The van der Waals surface area contributed by atoms with Crippen LogP contribution < -0.4 is 4.90 Å². The maximum absolute atomic E-state index is 13.9. The molecule has 0 bridgehead atoms. The number of aromatic nitrogens is 2. The predicted octanol–water partition coefficient (Wildman–Crippen LogP) is 3.10. The van der Waals surface area contributed by atoms with E-state index >= 15 is 0 Å². The summed E-state index contributed by atoms with van der Waals surface area (Å²) in [7, 11) is 0. The normalized spacial score (nSPS) is 15.2. The van der Waals surface area contributed by atoms with Gasteiger partial charge >= 0.3 is 0 Å². The van der Waals surface area contributed by atoms with Gasteiger partial charge < -0.3 is 14.7 Å². The van der Waals surface area contributed by atoms with Gasteiger partial charge in [-0.05, 0) is 6.07 Å². The van der Waals surface area contributed by atoms with E-state index < -0.39 is 5.82 Å². The van der Waals surface area contributed by atoms with E-state index in [9.17, 15) is 9.50 Å². The second-order valence-electron chi connectivity index (χ2n) is 5.09. The molecule has 1 aromatic heterocycles. The summed E-state index contributed by atoms with van der Waals surface area (Å²) in [4.78, 5) is 9.69. The number of azo groups is 1. The van der Waals surface area contributed by atoms with Crippen molar-refractivity contribution in [2.24, 2.45) is 10.2 Å². The number of hydrogen-bond acceptors (Lipinski definition) is 7. The Morgan fingerprint density at radius 1 is 1.33 bits per heavy atom. The van der Waals surface area contributed by atoms with Crippen molar-refractivity contribution in [3.8, 4) is 5.75 Å². The molecule has 0 saturated carbocycles. The van der Waals surface area contributed by atoms with Gasteiger partial charge in [0.2, 0.25) is 0 Å². The van der Waals surface area contributed by atoms with E-state index in [4.69, 9.17) is 16.3 Å². The number of anilines is 1. The molecular weight excluding hydrogens is 337 g/mol. The molecule has 0 aliphatic carbocycles. The summed E-state index contributed by atoms with van der Waals surface area (Å²) in [5, 5.41) is 17.9. The number of nitrogens with zero attached hydrogens (tertiary/aromatic N) is 5. The molecule has 1 aliphatic rings. The highest BCUT2D eigenvalue weighted by atomic mass is 35.5. The van der Waals surface area contributed by atoms with Gasteiger partial charge in [0.05, 0.1) is 31.0 Å². The second kappa shape index (κ2) is 7.50. The fourth-order valence-electron chi connectivity index (χ4n) is 2.26. The number of hydrogen-bond donors (Lipinski definition) is 1. The first kappa shape index (κ1) is 16.5. The van der Waals surface area contributed by atoms with E-state index in [1.165, 1.54) is 0 Å². The van der Waals surface area contributed by atoms with Gasteiger partial charge in [-0.15, -0.1) is 5.11 Å². The Kier molecular flexibility index (Phi) is 5.17. The molecule has 126 valence electrons. The molecule has 9 heteroatoms. The van der Waals surface area contributed by atoms with Crippen LogP contribution in [0.3, 0.4) is 0 Å². The van der Waals surface area contributed by atoms with E-state index in [-0.39, 0.29) is 29.1 Å². The van der Waals surface area contributed by atoms with E-state index in [1.807, 2.05) is 0 Å². The minimum Gasteiger partial charge on any atom is -0.506 e. The van der Waals surface area contributed by atoms with Gasteiger partial charge in [-0.2, -0.15) is 10.1 Å². The molecule has 7 nitrogen and oxygen atoms in total. The summed E-state index contributed by atoms with van der Waals surface area (Å²) in [6.45, 7) is 2.27. The highest BCUT2D eigenvalue weighted by molar-refractivity contribution is 6.32. The Morgan fingerprint density at radius 3 is 2.92 bits per heavy atom. The van der Waals surface area contributed by atoms with E-state index in [2.05, 4.69) is 20.2 Å². The largest absolute Gasteiger partial charge is 0.506 e. The molecule has 0 atom stereocenters. The Bertz CT molecular complexity index is 753. The number of halogens is 2. The van der Waals surface area contributed by atoms with Crippen molar-refractivity contribution in [2.75, 3.05) is 31.2 Å². The molecule has 3 rings (SSSR count). The molecule has 0 amide bonds. The number of para-hydroxylation sites is 1. The number of morpholine rings is 1. The molecule has 1 aliphatic heterocycles. The summed E-state index contributed by atoms with van der Waals surface area (Å²) in [6, 6.07) is 4.97. The SMILES string of the molecule is Oc1c(Cl)cccc1CN=Nc1ncc(F)c(N2CCOCC2)n1. The molecule has 1 N–H and O–H groups in total. The van der Waals surface area contributed by atoms with Crippen LogP contribution in [-0.4, -0.2) is 41.4 Å². The van der Waals surface area contributed by atoms with Gasteiger partial charge in [-0.25, -0.2) is 9.37 Å². The Hall–Kier alpha value is -2.32. The Labute approximate surface area is 142 Å². The highest BCUT2D eigenvalue weighted by Crippen LogP contribution is 2.27. The molecule has 0 radical (unpaired) electrons. The van der Waals surface area contributed by atoms with E-state index in [0.717, 1.165) is 6.20 Å². The van der Waals surface area contributed by atoms with Gasteiger partial charge in [-0.1, -0.05) is 23.7 Å². The molecule has 0 unspecified atom stereocenters. The van der Waals surface area contributed by atoms with Crippen molar-refractivity contribution in [3.63, 3.8) is 0 Å². The van der Waals surface area contributed by atoms with Crippen molar-refractivity contribution in [2.45, 2.75) is 6.54 Å². The number of phenolic OH excluding ortho intramolecular Hbond substituents is 1. The lowest BCUT2D eigenvalue weighted by Gasteiger charge is -2.27. The minimum absolute atomic E-state index is 0.0350. The van der Waals surface area contributed by atoms with Crippen LogP contribution in [-0.2, 0) is 11.3 Å². The molecule has 24 heavy (non-hydrogen) atoms. The third-order valence-corrected chi connectivity index (χ3v) is 3.80. The molecule has 0 spiro atoms. The first-order chi connectivity index (χ1) is 11.6. The number of benzene rings is 1. The zero-order valence-electron chi connectivity index (χ0n) is 12.7. The van der Waals surface area contributed by atoms with Crippen molar-refractivity contribution in [3.05, 3.63) is 40.8 Å². The van der Waals surface area contributed by atoms with Crippen LogP contribution in [0.4, 0.5) is 16.2 Å². The maximum Gasteiger partial charge on any atom is 0.270 e. The maximum atomic E-state index is 13.9. The monoisotopic (exact) mass is 351 g/mol. The van der Waals surface area contributed by atoms with Gasteiger partial charge in [0.1, 0.15) is 5.75 Å². The third-order valence-electron chi connectivity index (χ3n) is 3.50. The summed E-state index contributed by atoms with van der Waals surface area (Å²) >= 11 is 5.83. The van der Waals surface area contributed by atoms with Gasteiger partial charge in [-0.3, -0.25) is 0 Å². The standard InChI is InChI=1S/C15H15ClFN5O2/c16-11-3-1-2-10(13(11)23)8-19-21-15-18-9-12(17)14(20-15)22-4-6-24-7-5-22/h1-3,9,23H,4-8H2. The number of aromatic hydroxyl groups is 1. The van der Waals surface area contributed by atoms with Crippen molar-refractivity contribution in [1.82, 2.24) is 9.97 Å². The zero-order chi connectivity index (χ0) is 16.9. The lowest BCUT2D eigenvalue weighted by atomic mass is 10.2. The third kappa shape index (κ3) is 3.77. The average Bonchev–Trinajstić information content (AvgIpc) is 2.61. The minimum atomic E-state index is -0.511. The van der Waals surface area contributed by atoms with Crippen LogP contribution in [0.1, 0.15) is 5.56 Å². The zero-order valence-corrected chi connectivity index (χ0v) is 13.4. The molecule has 1 fully saturated rings. The van der Waals surface area contributed by atoms with Gasteiger partial charge in [0.25, 0.3) is 5.95 Å². The quantitative estimate of drug-likeness (QED) is 0.856. The lowest BCUT2D eigenvalue weighted by Crippen LogP contribution is -2.37. The molecule has 1 saturated heterocycles. The van der Waals surface area contributed by atoms with Crippen LogP contribution in [0.5, 0.6) is 5.75 Å². The number of phenols is 1. The summed E-state index contributed by atoms with van der Waals surface area (Å²) in [6.07, 6.45) is 1.07. The Balaban J connectivity index is 1.74. The van der Waals surface area contributed by atoms with Crippen LogP contribution >= 0.6 is 11.6 Å². The molecule has 1 aromatic carbocycles. The fourth-order valence-corrected chi connectivity index (χ4v) is 2.45. The molecule has 2 heterocycles. The second-order valence-corrected chi connectivity index (χ2v) is 5.50. The van der Waals surface area contributed by atoms with Crippen LogP contribution in [0.15, 0.2) is 34.6 Å². The van der Waals surface area contributed by atoms with E-state index in [0.29, 0.717) is 31.9 Å². The lowest BCUT2D eigenvalue weighted by molar-refractivity contribution is 0.122. The number of rotatable bonds is 4. The first-order valence-electron chi connectivity index (χ1n) is 7.34. The smallest absolute Gasteiger partial charge is 0.270 e. The van der Waals surface area contributed by atoms with Gasteiger partial charge in [0, 0.05) is 18.7 Å². The van der Waals surface area contributed by atoms with Gasteiger partial charge in [0.15, 0.2) is 11.6 Å². The summed E-state index contributed by atoms with van der Waals surface area (Å²) < 4.78 is 19.2. The van der Waals surface area contributed by atoms with Crippen LogP contribution in [0.2, 0.25) is 5.02 Å². The van der Waals surface area contributed by atoms with Crippen molar-refractivity contribution >= 4 is 23.4 Å². The molecular formula is C15H15ClFN5O2. The highest BCUT2D eigenvalue weighted by Gasteiger charge is 2.17.